The van der Waals surface area contributed by atoms with Crippen LogP contribution in [0.3, 0.4) is 0 Å². The molecule has 2 heterocycles. The van der Waals surface area contributed by atoms with Crippen molar-refractivity contribution in [1.29, 1.82) is 0 Å². The van der Waals surface area contributed by atoms with Crippen LogP contribution < -0.4 is 0 Å². The molecule has 2 aliphatic heterocycles. The van der Waals surface area contributed by atoms with Crippen LogP contribution in [-0.4, -0.2) is 85.7 Å². The minimum absolute atomic E-state index is 0. The quantitative estimate of drug-likeness (QED) is 0.260. The molecular weight excluding hydrogens is 643 g/mol. The van der Waals surface area contributed by atoms with E-state index in [4.69, 9.17) is 4.74 Å². The number of carbonyl (C=O) groups excluding carboxylic acids is 1. The highest BCUT2D eigenvalue weighted by molar-refractivity contribution is 5.95. The Hall–Kier alpha value is -2.05. The summed E-state index contributed by atoms with van der Waals surface area (Å²) in [7, 11) is 0. The molecule has 0 radical (unpaired) electrons. The number of hydrogen-bond donors (Lipinski definition) is 0. The lowest BCUT2D eigenvalue weighted by Gasteiger charge is -2.43. The third-order valence-corrected chi connectivity index (χ3v) is 8.60. The Morgan fingerprint density at radius 2 is 1.47 bits per heavy atom. The van der Waals surface area contributed by atoms with Gasteiger partial charge in [0.15, 0.2) is 0 Å². The van der Waals surface area contributed by atoms with Gasteiger partial charge in [-0.3, -0.25) is 9.69 Å². The highest BCUT2D eigenvalue weighted by Gasteiger charge is 2.39. The normalized spacial score (nSPS) is 20.0. The van der Waals surface area contributed by atoms with Gasteiger partial charge in [0.05, 0.1) is 17.7 Å². The molecule has 0 saturated carbocycles. The lowest BCUT2D eigenvalue weighted by molar-refractivity contribution is -0.143. The molecule has 0 N–H and O–H groups in total. The fourth-order valence-corrected chi connectivity index (χ4v) is 6.07. The monoisotopic (exact) mass is 685 g/mol. The first-order valence-corrected chi connectivity index (χ1v) is 14.9. The Kier molecular flexibility index (Phi) is 14.5. The molecular formula is C32H43Cl2F6N3O2. The van der Waals surface area contributed by atoms with E-state index in [1.54, 1.807) is 0 Å². The largest absolute Gasteiger partial charge is 0.416 e. The highest BCUT2D eigenvalue weighted by Crippen LogP contribution is 2.37. The van der Waals surface area contributed by atoms with Crippen molar-refractivity contribution in [2.45, 2.75) is 58.4 Å². The minimum Gasteiger partial charge on any atom is -0.381 e. The number of hydrogen-bond acceptors (Lipinski definition) is 4. The van der Waals surface area contributed by atoms with Crippen LogP contribution in [0.1, 0.15) is 57.9 Å². The number of amides is 1. The highest BCUT2D eigenvalue weighted by atomic mass is 35.5. The fraction of sp³-hybridized carbons (Fsp3) is 0.594. The lowest BCUT2D eigenvalue weighted by atomic mass is 9.97. The molecule has 254 valence electrons. The van der Waals surface area contributed by atoms with Crippen molar-refractivity contribution in [3.63, 3.8) is 0 Å². The Morgan fingerprint density at radius 3 is 2.04 bits per heavy atom. The van der Waals surface area contributed by atoms with Gasteiger partial charge in [-0.1, -0.05) is 18.2 Å². The van der Waals surface area contributed by atoms with Gasteiger partial charge in [0, 0.05) is 57.5 Å². The fourth-order valence-electron chi connectivity index (χ4n) is 6.07. The molecule has 0 bridgehead atoms. The average Bonchev–Trinajstić information content (AvgIpc) is 2.96. The van der Waals surface area contributed by atoms with Gasteiger partial charge in [-0.25, -0.2) is 0 Å². The molecule has 45 heavy (non-hydrogen) atoms. The Morgan fingerprint density at radius 1 is 0.844 bits per heavy atom. The van der Waals surface area contributed by atoms with E-state index in [0.717, 1.165) is 62.3 Å². The molecule has 2 aromatic rings. The smallest absolute Gasteiger partial charge is 0.381 e. The van der Waals surface area contributed by atoms with Crippen molar-refractivity contribution < 1.29 is 35.9 Å². The van der Waals surface area contributed by atoms with Crippen LogP contribution in [0.5, 0.6) is 0 Å². The molecule has 2 atom stereocenters. The van der Waals surface area contributed by atoms with Gasteiger partial charge in [0.25, 0.3) is 5.91 Å². The third-order valence-electron chi connectivity index (χ3n) is 8.60. The first-order valence-electron chi connectivity index (χ1n) is 14.9. The van der Waals surface area contributed by atoms with Crippen LogP contribution in [0, 0.1) is 19.8 Å². The summed E-state index contributed by atoms with van der Waals surface area (Å²) in [5.41, 5.74) is -0.437. The van der Waals surface area contributed by atoms with Gasteiger partial charge in [-0.2, -0.15) is 26.3 Å². The molecule has 0 aromatic heterocycles. The molecule has 13 heteroatoms. The van der Waals surface area contributed by atoms with E-state index in [-0.39, 0.29) is 37.4 Å². The number of rotatable bonds is 9. The lowest BCUT2D eigenvalue weighted by Crippen LogP contribution is -2.57. The molecule has 2 unspecified atom stereocenters. The van der Waals surface area contributed by atoms with E-state index in [0.29, 0.717) is 44.2 Å². The van der Waals surface area contributed by atoms with E-state index in [1.165, 1.54) is 4.90 Å². The van der Waals surface area contributed by atoms with Crippen molar-refractivity contribution in [3.05, 3.63) is 69.8 Å². The molecule has 2 aliphatic rings. The maximum Gasteiger partial charge on any atom is 0.416 e. The summed E-state index contributed by atoms with van der Waals surface area (Å²) in [6.07, 6.45) is -7.37. The van der Waals surface area contributed by atoms with Gasteiger partial charge >= 0.3 is 12.4 Å². The number of ether oxygens (including phenoxy) is 1. The van der Waals surface area contributed by atoms with Crippen molar-refractivity contribution in [1.82, 2.24) is 14.7 Å². The van der Waals surface area contributed by atoms with E-state index < -0.39 is 41.0 Å². The summed E-state index contributed by atoms with van der Waals surface area (Å²) in [6.45, 7) is 12.1. The zero-order chi connectivity index (χ0) is 31.4. The summed E-state index contributed by atoms with van der Waals surface area (Å²) in [4.78, 5) is 19.8. The molecule has 1 amide bonds. The number of carbonyl (C=O) groups is 1. The second-order valence-electron chi connectivity index (χ2n) is 11.8. The van der Waals surface area contributed by atoms with E-state index in [1.807, 2.05) is 39.0 Å². The molecule has 2 fully saturated rings. The number of benzene rings is 2. The predicted molar refractivity (Wildman–Crippen MR) is 167 cm³/mol. The molecule has 0 aliphatic carbocycles. The molecule has 2 saturated heterocycles. The first-order chi connectivity index (χ1) is 20.2. The second kappa shape index (κ2) is 16.7. The molecule has 0 spiro atoms. The first kappa shape index (κ1) is 39.1. The zero-order valence-electron chi connectivity index (χ0n) is 25.8. The van der Waals surface area contributed by atoms with Gasteiger partial charge in [0.1, 0.15) is 0 Å². The topological polar surface area (TPSA) is 36.0 Å². The number of likely N-dealkylation sites (tertiary alicyclic amines) is 1. The van der Waals surface area contributed by atoms with Crippen LogP contribution in [0.25, 0.3) is 0 Å². The van der Waals surface area contributed by atoms with Crippen LogP contribution in [0.2, 0.25) is 0 Å². The Bertz CT molecular complexity index is 1230. The summed E-state index contributed by atoms with van der Waals surface area (Å²) in [5.74, 6) is -0.324. The molecule has 4 rings (SSSR count). The standard InChI is InChI=1S/C32H41F6N3O2.2ClH/c1-4-43-21-25-6-5-9-39(19-25)10-11-40-12-13-41(29(20-40)15-24-8-7-22(2)23(3)14-24)30(42)26-16-27(31(33,34)35)18-28(17-26)32(36,37)38;;/h7-8,14,16-18,25,29H,4-6,9-13,15,19-21H2,1-3H3;2*1H. The van der Waals surface area contributed by atoms with Crippen LogP contribution >= 0.6 is 24.8 Å². The summed E-state index contributed by atoms with van der Waals surface area (Å²) in [6, 6.07) is 6.67. The summed E-state index contributed by atoms with van der Waals surface area (Å²) in [5, 5.41) is 0. The maximum atomic E-state index is 13.7. The van der Waals surface area contributed by atoms with Crippen LogP contribution in [0.15, 0.2) is 36.4 Å². The maximum absolute atomic E-state index is 13.7. The number of alkyl halides is 6. The number of piperazine rings is 1. The summed E-state index contributed by atoms with van der Waals surface area (Å²) >= 11 is 0. The van der Waals surface area contributed by atoms with E-state index in [9.17, 15) is 31.1 Å². The van der Waals surface area contributed by atoms with E-state index in [2.05, 4.69) is 9.80 Å². The van der Waals surface area contributed by atoms with Crippen LogP contribution in [-0.2, 0) is 23.5 Å². The molecule has 2 aromatic carbocycles. The minimum atomic E-state index is -5.02. The van der Waals surface area contributed by atoms with Gasteiger partial charge in [-0.05, 0) is 87.4 Å². The van der Waals surface area contributed by atoms with Crippen molar-refractivity contribution in [3.8, 4) is 0 Å². The van der Waals surface area contributed by atoms with Crippen molar-refractivity contribution in [2.75, 3.05) is 59.0 Å². The Balaban J connectivity index is 0.00000353. The van der Waals surface area contributed by atoms with Crippen molar-refractivity contribution >= 4 is 30.7 Å². The molecule has 5 nitrogen and oxygen atoms in total. The van der Waals surface area contributed by atoms with Gasteiger partial charge in [0.2, 0.25) is 0 Å². The summed E-state index contributed by atoms with van der Waals surface area (Å²) < 4.78 is 86.9. The van der Waals surface area contributed by atoms with Crippen LogP contribution in [0.4, 0.5) is 26.3 Å². The number of nitrogens with zero attached hydrogens (tertiary/aromatic N) is 3. The zero-order valence-corrected chi connectivity index (χ0v) is 27.5. The van der Waals surface area contributed by atoms with Gasteiger partial charge < -0.3 is 14.5 Å². The number of aryl methyl sites for hydroxylation is 2. The number of halogens is 8. The third kappa shape index (κ3) is 10.7. The predicted octanol–water partition coefficient (Wildman–Crippen LogP) is 7.30. The van der Waals surface area contributed by atoms with Crippen molar-refractivity contribution in [2.24, 2.45) is 5.92 Å². The second-order valence-corrected chi connectivity index (χ2v) is 11.8. The Labute approximate surface area is 274 Å². The van der Waals surface area contributed by atoms with E-state index >= 15 is 0 Å². The van der Waals surface area contributed by atoms with Gasteiger partial charge in [-0.15, -0.1) is 24.8 Å². The average molecular weight is 687 g/mol. The SMILES string of the molecule is CCOCC1CCCN(CCN2CCN(C(=O)c3cc(C(F)(F)F)cc(C(F)(F)F)c3)C(Cc3ccc(C)c(C)c3)C2)C1.Cl.Cl. The number of piperidine rings is 1.